The Morgan fingerprint density at radius 3 is 2.55 bits per heavy atom. The van der Waals surface area contributed by atoms with Crippen molar-refractivity contribution in [2.75, 3.05) is 36.6 Å². The van der Waals surface area contributed by atoms with Crippen molar-refractivity contribution in [2.24, 2.45) is 5.10 Å². The quantitative estimate of drug-likeness (QED) is 0.383. The molecule has 0 spiro atoms. The van der Waals surface area contributed by atoms with Crippen molar-refractivity contribution < 1.29 is 17.9 Å². The topological polar surface area (TPSA) is 49.8 Å². The van der Waals surface area contributed by atoms with E-state index < -0.39 is 11.7 Å². The Balaban J connectivity index is 1.58. The lowest BCUT2D eigenvalue weighted by Crippen LogP contribution is -2.36. The predicted octanol–water partition coefficient (Wildman–Crippen LogP) is 5.76. The lowest BCUT2D eigenvalue weighted by atomic mass is 10.1. The van der Waals surface area contributed by atoms with Crippen LogP contribution in [0, 0.1) is 0 Å². The lowest BCUT2D eigenvalue weighted by molar-refractivity contribution is -0.137. The van der Waals surface area contributed by atoms with E-state index in [0.29, 0.717) is 13.2 Å². The van der Waals surface area contributed by atoms with Gasteiger partial charge < -0.3 is 9.64 Å². The molecule has 0 unspecified atom stereocenters. The van der Waals surface area contributed by atoms with E-state index in [-0.39, 0.29) is 10.7 Å². The van der Waals surface area contributed by atoms with E-state index in [0.717, 1.165) is 46.5 Å². The van der Waals surface area contributed by atoms with Crippen molar-refractivity contribution in [2.45, 2.75) is 6.18 Å². The van der Waals surface area contributed by atoms with Crippen LogP contribution in [0.1, 0.15) is 10.4 Å². The molecule has 0 atom stereocenters. The number of rotatable bonds is 5. The highest BCUT2D eigenvalue weighted by molar-refractivity contribution is 7.17. The third-order valence-electron chi connectivity index (χ3n) is 4.63. The molecule has 0 bridgehead atoms. The molecule has 1 N–H and O–H groups in total. The van der Waals surface area contributed by atoms with Gasteiger partial charge in [0.1, 0.15) is 0 Å². The molecule has 31 heavy (non-hydrogen) atoms. The van der Waals surface area contributed by atoms with E-state index in [1.807, 2.05) is 30.3 Å². The van der Waals surface area contributed by atoms with Crippen molar-refractivity contribution in [1.29, 1.82) is 0 Å². The first-order valence-electron chi connectivity index (χ1n) is 9.46. The summed E-state index contributed by atoms with van der Waals surface area (Å²) in [6.45, 7) is 2.82. The van der Waals surface area contributed by atoms with Gasteiger partial charge in [-0.25, -0.2) is 4.98 Å². The number of hydrogen-bond donors (Lipinski definition) is 1. The van der Waals surface area contributed by atoms with Crippen LogP contribution in [-0.2, 0) is 10.9 Å². The van der Waals surface area contributed by atoms with Gasteiger partial charge in [0.2, 0.25) is 0 Å². The van der Waals surface area contributed by atoms with Crippen LogP contribution in [0.2, 0.25) is 5.02 Å². The molecular formula is C21H18ClF3N4OS. The number of aromatic nitrogens is 1. The predicted molar refractivity (Wildman–Crippen MR) is 118 cm³/mol. The molecule has 3 aromatic rings. The number of anilines is 2. The van der Waals surface area contributed by atoms with Gasteiger partial charge in [-0.15, -0.1) is 0 Å². The van der Waals surface area contributed by atoms with Crippen LogP contribution < -0.4 is 10.3 Å². The summed E-state index contributed by atoms with van der Waals surface area (Å²) in [4.78, 5) is 7.79. The second-order valence-electron chi connectivity index (χ2n) is 6.74. The Morgan fingerprint density at radius 2 is 1.87 bits per heavy atom. The number of nitrogens with one attached hydrogen (secondary N) is 1. The van der Waals surface area contributed by atoms with Crippen LogP contribution in [-0.4, -0.2) is 37.5 Å². The maximum absolute atomic E-state index is 12.8. The summed E-state index contributed by atoms with van der Waals surface area (Å²) in [5, 5.41) is 5.01. The fourth-order valence-electron chi connectivity index (χ4n) is 3.04. The molecule has 2 heterocycles. The molecular weight excluding hydrogens is 449 g/mol. The van der Waals surface area contributed by atoms with Gasteiger partial charge in [-0.2, -0.15) is 18.3 Å². The van der Waals surface area contributed by atoms with Gasteiger partial charge in [0.15, 0.2) is 5.13 Å². The zero-order valence-electron chi connectivity index (χ0n) is 16.2. The molecule has 0 saturated carbocycles. The third-order valence-corrected chi connectivity index (χ3v) is 6.00. The number of hydrogen-bond acceptors (Lipinski definition) is 6. The summed E-state index contributed by atoms with van der Waals surface area (Å²) in [5.41, 5.74) is 3.94. The van der Waals surface area contributed by atoms with Gasteiger partial charge in [0, 0.05) is 18.7 Å². The van der Waals surface area contributed by atoms with Gasteiger partial charge in [-0.05, 0) is 18.2 Å². The van der Waals surface area contributed by atoms with Gasteiger partial charge in [0.25, 0.3) is 0 Å². The largest absolute Gasteiger partial charge is 0.416 e. The number of ether oxygens (including phenoxy) is 1. The Kier molecular flexibility index (Phi) is 6.45. The highest BCUT2D eigenvalue weighted by Crippen LogP contribution is 2.34. The molecule has 1 saturated heterocycles. The molecule has 162 valence electrons. The SMILES string of the molecule is FC(F)(F)c1ccc(N/N=C\c2sc(N3CCOCC3)nc2-c2ccccc2)c(Cl)c1. The van der Waals surface area contributed by atoms with Gasteiger partial charge in [-0.1, -0.05) is 53.3 Å². The van der Waals surface area contributed by atoms with Crippen LogP contribution in [0.3, 0.4) is 0 Å². The molecule has 1 aliphatic rings. The number of hydrazone groups is 1. The molecule has 0 amide bonds. The molecule has 5 nitrogen and oxygen atoms in total. The summed E-state index contributed by atoms with van der Waals surface area (Å²) in [6, 6.07) is 12.8. The zero-order valence-corrected chi connectivity index (χ0v) is 17.8. The van der Waals surface area contributed by atoms with E-state index >= 15 is 0 Å². The molecule has 4 rings (SSSR count). The van der Waals surface area contributed by atoms with Crippen molar-refractivity contribution in [3.05, 3.63) is 64.0 Å². The van der Waals surface area contributed by atoms with Crippen LogP contribution in [0.5, 0.6) is 0 Å². The smallest absolute Gasteiger partial charge is 0.378 e. The van der Waals surface area contributed by atoms with Gasteiger partial charge in [-0.3, -0.25) is 5.43 Å². The molecule has 2 aromatic carbocycles. The van der Waals surface area contributed by atoms with Gasteiger partial charge in [0.05, 0.1) is 46.3 Å². The number of morpholine rings is 1. The average Bonchev–Trinajstić information content (AvgIpc) is 3.19. The van der Waals surface area contributed by atoms with E-state index in [4.69, 9.17) is 21.3 Å². The molecule has 0 radical (unpaired) electrons. The number of benzene rings is 2. The third kappa shape index (κ3) is 5.17. The highest BCUT2D eigenvalue weighted by Gasteiger charge is 2.30. The fraction of sp³-hybridized carbons (Fsp3) is 0.238. The Bertz CT molecular complexity index is 1070. The van der Waals surface area contributed by atoms with Crippen molar-refractivity contribution in [3.8, 4) is 11.3 Å². The first-order valence-corrected chi connectivity index (χ1v) is 10.7. The Morgan fingerprint density at radius 1 is 1.13 bits per heavy atom. The molecule has 10 heteroatoms. The summed E-state index contributed by atoms with van der Waals surface area (Å²) < 4.78 is 43.8. The minimum Gasteiger partial charge on any atom is -0.378 e. The molecule has 1 aromatic heterocycles. The second-order valence-corrected chi connectivity index (χ2v) is 8.15. The van der Waals surface area contributed by atoms with E-state index in [1.54, 1.807) is 6.21 Å². The monoisotopic (exact) mass is 466 g/mol. The minimum atomic E-state index is -4.45. The maximum atomic E-state index is 12.8. The summed E-state index contributed by atoms with van der Waals surface area (Å²) in [6.07, 6.45) is -2.84. The maximum Gasteiger partial charge on any atom is 0.416 e. The second kappa shape index (κ2) is 9.25. The first-order chi connectivity index (χ1) is 14.9. The summed E-state index contributed by atoms with van der Waals surface area (Å²) >= 11 is 7.48. The Hall–Kier alpha value is -2.62. The summed E-state index contributed by atoms with van der Waals surface area (Å²) in [5.74, 6) is 0. The minimum absolute atomic E-state index is 0.0615. The molecule has 1 fully saturated rings. The van der Waals surface area contributed by atoms with E-state index in [9.17, 15) is 13.2 Å². The number of alkyl halides is 3. The van der Waals surface area contributed by atoms with Crippen LogP contribution in [0.4, 0.5) is 24.0 Å². The standard InChI is InChI=1S/C21H18ClF3N4OS/c22-16-12-15(21(23,24)25)6-7-17(16)28-26-13-18-19(14-4-2-1-3-5-14)27-20(31-18)29-8-10-30-11-9-29/h1-7,12-13,28H,8-11H2/b26-13-. The number of thiazole rings is 1. The number of nitrogens with zero attached hydrogens (tertiary/aromatic N) is 3. The Labute approximate surface area is 186 Å². The number of halogens is 4. The summed E-state index contributed by atoms with van der Waals surface area (Å²) in [7, 11) is 0. The van der Waals surface area contributed by atoms with Crippen LogP contribution in [0.25, 0.3) is 11.3 Å². The van der Waals surface area contributed by atoms with Crippen LogP contribution >= 0.6 is 22.9 Å². The van der Waals surface area contributed by atoms with Crippen molar-refractivity contribution >= 4 is 40.0 Å². The van der Waals surface area contributed by atoms with E-state index in [1.165, 1.54) is 17.4 Å². The first kappa shape index (κ1) is 21.6. The van der Waals surface area contributed by atoms with Crippen molar-refractivity contribution in [1.82, 2.24) is 4.98 Å². The fourth-order valence-corrected chi connectivity index (χ4v) is 4.28. The van der Waals surface area contributed by atoms with Crippen LogP contribution in [0.15, 0.2) is 53.6 Å². The van der Waals surface area contributed by atoms with Gasteiger partial charge >= 0.3 is 6.18 Å². The lowest BCUT2D eigenvalue weighted by Gasteiger charge is -2.26. The van der Waals surface area contributed by atoms with E-state index in [2.05, 4.69) is 15.4 Å². The highest BCUT2D eigenvalue weighted by atomic mass is 35.5. The molecule has 1 aliphatic heterocycles. The average molecular weight is 467 g/mol. The normalized spacial score (nSPS) is 14.9. The molecule has 0 aliphatic carbocycles. The zero-order chi connectivity index (χ0) is 21.8. The van der Waals surface area contributed by atoms with Crippen molar-refractivity contribution in [3.63, 3.8) is 0 Å².